The molecule has 0 fully saturated rings. The van der Waals surface area contributed by atoms with Crippen LogP contribution in [0.4, 0.5) is 19.3 Å². The van der Waals surface area contributed by atoms with Gasteiger partial charge in [-0.15, -0.1) is 0 Å². The Kier molecular flexibility index (Phi) is 4.96. The topological polar surface area (TPSA) is 70.5 Å². The van der Waals surface area contributed by atoms with Crippen molar-refractivity contribution in [1.29, 1.82) is 0 Å². The maximum atomic E-state index is 14.8. The summed E-state index contributed by atoms with van der Waals surface area (Å²) in [6, 6.07) is 3.33. The summed E-state index contributed by atoms with van der Waals surface area (Å²) in [7, 11) is 1.56. The molecule has 2 aromatic rings. The van der Waals surface area contributed by atoms with Gasteiger partial charge in [0.25, 0.3) is 5.91 Å². The van der Waals surface area contributed by atoms with Crippen molar-refractivity contribution in [3.05, 3.63) is 46.0 Å². The van der Waals surface area contributed by atoms with Crippen LogP contribution in [0.2, 0.25) is 5.02 Å². The number of carbonyl (C=O) groups excluding carboxylic acids is 2. The van der Waals surface area contributed by atoms with Gasteiger partial charge in [0.2, 0.25) is 0 Å². The van der Waals surface area contributed by atoms with Crippen LogP contribution < -0.4 is 5.32 Å². The molecule has 0 saturated heterocycles. The first-order valence-electron chi connectivity index (χ1n) is 9.61. The highest BCUT2D eigenvalue weighted by atomic mass is 35.5. The molecule has 1 N–H and O–H groups in total. The molecule has 30 heavy (non-hydrogen) atoms. The van der Waals surface area contributed by atoms with E-state index in [1.165, 1.54) is 34.7 Å². The molecule has 2 atom stereocenters. The van der Waals surface area contributed by atoms with Crippen LogP contribution in [0.15, 0.2) is 18.2 Å². The van der Waals surface area contributed by atoms with E-state index >= 15 is 0 Å². The third-order valence-corrected chi connectivity index (χ3v) is 5.80. The summed E-state index contributed by atoms with van der Waals surface area (Å²) in [6.45, 7) is 3.42. The average molecular weight is 438 g/mol. The highest BCUT2D eigenvalue weighted by molar-refractivity contribution is 6.31. The van der Waals surface area contributed by atoms with Gasteiger partial charge in [-0.3, -0.25) is 9.48 Å². The maximum Gasteiger partial charge on any atom is 0.322 e. The van der Waals surface area contributed by atoms with Crippen LogP contribution in [-0.4, -0.2) is 56.8 Å². The zero-order chi connectivity index (χ0) is 21.8. The summed E-state index contributed by atoms with van der Waals surface area (Å²) in [6.07, 6.45) is 0.437. The van der Waals surface area contributed by atoms with Crippen LogP contribution in [0, 0.1) is 5.82 Å². The monoisotopic (exact) mass is 437 g/mol. The van der Waals surface area contributed by atoms with Crippen molar-refractivity contribution in [1.82, 2.24) is 19.6 Å². The molecule has 0 bridgehead atoms. The van der Waals surface area contributed by atoms with Crippen LogP contribution in [0.5, 0.6) is 0 Å². The minimum Gasteiger partial charge on any atom is -0.337 e. The first-order valence-corrected chi connectivity index (χ1v) is 9.99. The Bertz CT molecular complexity index is 1040. The molecule has 7 nitrogen and oxygen atoms in total. The average Bonchev–Trinajstić information content (AvgIpc) is 2.94. The third kappa shape index (κ3) is 3.62. The van der Waals surface area contributed by atoms with E-state index in [1.54, 1.807) is 11.9 Å². The van der Waals surface area contributed by atoms with Gasteiger partial charge in [-0.05, 0) is 32.0 Å². The molecule has 0 spiro atoms. The summed E-state index contributed by atoms with van der Waals surface area (Å²) in [5, 5.41) is 7.11. The fourth-order valence-electron chi connectivity index (χ4n) is 4.10. The van der Waals surface area contributed by atoms with Crippen molar-refractivity contribution in [3.63, 3.8) is 0 Å². The van der Waals surface area contributed by atoms with E-state index in [9.17, 15) is 18.4 Å². The van der Waals surface area contributed by atoms with Gasteiger partial charge in [-0.25, -0.2) is 13.6 Å². The molecule has 0 saturated carbocycles. The zero-order valence-electron chi connectivity index (χ0n) is 16.9. The normalized spacial score (nSPS) is 23.7. The molecule has 160 valence electrons. The number of urea groups is 1. The van der Waals surface area contributed by atoms with Gasteiger partial charge in [0.1, 0.15) is 17.2 Å². The molecule has 10 heteroatoms. The lowest BCUT2D eigenvalue weighted by atomic mass is 9.99. The van der Waals surface area contributed by atoms with E-state index in [2.05, 4.69) is 10.4 Å². The molecule has 1 aromatic carbocycles. The van der Waals surface area contributed by atoms with Crippen molar-refractivity contribution < 1.29 is 18.4 Å². The molecule has 2 aliphatic heterocycles. The number of carbonyl (C=O) groups is 2. The predicted octanol–water partition coefficient (Wildman–Crippen LogP) is 3.47. The maximum absolute atomic E-state index is 14.8. The Morgan fingerprint density at radius 2 is 2.10 bits per heavy atom. The van der Waals surface area contributed by atoms with Gasteiger partial charge in [0, 0.05) is 30.8 Å². The first kappa shape index (κ1) is 20.6. The highest BCUT2D eigenvalue weighted by Gasteiger charge is 2.40. The summed E-state index contributed by atoms with van der Waals surface area (Å²) in [4.78, 5) is 28.7. The largest absolute Gasteiger partial charge is 0.337 e. The molecular formula is C20H22ClF2N5O2. The molecule has 2 aliphatic rings. The molecule has 3 amide bonds. The Labute approximate surface area is 177 Å². The van der Waals surface area contributed by atoms with Gasteiger partial charge in [0.15, 0.2) is 0 Å². The van der Waals surface area contributed by atoms with Gasteiger partial charge < -0.3 is 15.1 Å². The van der Waals surface area contributed by atoms with Crippen LogP contribution in [-0.2, 0) is 19.5 Å². The predicted molar refractivity (Wildman–Crippen MR) is 108 cm³/mol. The summed E-state index contributed by atoms with van der Waals surface area (Å²) in [5.41, 5.74) is 0.417. The number of nitrogens with zero attached hydrogens (tertiary/aromatic N) is 4. The zero-order valence-corrected chi connectivity index (χ0v) is 17.6. The van der Waals surface area contributed by atoms with Crippen molar-refractivity contribution in [3.8, 4) is 0 Å². The molecular weight excluding hydrogens is 416 g/mol. The molecule has 3 heterocycles. The minimum absolute atomic E-state index is 0.0277. The summed E-state index contributed by atoms with van der Waals surface area (Å²) in [5.74, 6) is -0.888. The van der Waals surface area contributed by atoms with Crippen molar-refractivity contribution in [2.24, 2.45) is 0 Å². The molecule has 1 unspecified atom stereocenters. The quantitative estimate of drug-likeness (QED) is 0.742. The lowest BCUT2D eigenvalue weighted by Gasteiger charge is -2.33. The van der Waals surface area contributed by atoms with E-state index < -0.39 is 17.5 Å². The van der Waals surface area contributed by atoms with Crippen molar-refractivity contribution >= 4 is 29.2 Å². The molecule has 0 radical (unpaired) electrons. The summed E-state index contributed by atoms with van der Waals surface area (Å²) < 4.78 is 29.6. The first-order chi connectivity index (χ1) is 14.1. The van der Waals surface area contributed by atoms with E-state index in [0.717, 1.165) is 0 Å². The number of halogens is 3. The molecule has 0 aliphatic carbocycles. The van der Waals surface area contributed by atoms with E-state index in [4.69, 9.17) is 11.6 Å². The van der Waals surface area contributed by atoms with Crippen molar-refractivity contribution in [2.75, 3.05) is 18.9 Å². The van der Waals surface area contributed by atoms with E-state index in [1.807, 2.05) is 6.92 Å². The molecule has 4 rings (SSSR count). The lowest BCUT2D eigenvalue weighted by molar-refractivity contribution is 0.0680. The number of nitrogens with one attached hydrogen (secondary N) is 1. The van der Waals surface area contributed by atoms with Gasteiger partial charge in [-0.1, -0.05) is 11.6 Å². The number of fused-ring (bicyclic) bond motifs is 3. The van der Waals surface area contributed by atoms with Crippen LogP contribution in [0.25, 0.3) is 0 Å². The second-order valence-electron chi connectivity index (χ2n) is 8.25. The Hall–Kier alpha value is -2.68. The van der Waals surface area contributed by atoms with Crippen LogP contribution in [0.1, 0.15) is 35.6 Å². The Morgan fingerprint density at radius 1 is 1.37 bits per heavy atom. The minimum atomic E-state index is -1.60. The van der Waals surface area contributed by atoms with Gasteiger partial charge in [0.05, 0.1) is 30.4 Å². The number of aromatic nitrogens is 2. The van der Waals surface area contributed by atoms with E-state index in [0.29, 0.717) is 29.1 Å². The number of benzene rings is 1. The number of anilines is 1. The summed E-state index contributed by atoms with van der Waals surface area (Å²) >= 11 is 5.79. The number of hydrogen-bond donors (Lipinski definition) is 1. The number of alkyl halides is 1. The molecule has 1 aromatic heterocycles. The number of hydrogen-bond acceptors (Lipinski definition) is 3. The lowest BCUT2D eigenvalue weighted by Crippen LogP contribution is -2.45. The number of amides is 3. The Morgan fingerprint density at radius 3 is 2.80 bits per heavy atom. The smallest absolute Gasteiger partial charge is 0.322 e. The fraction of sp³-hybridized carbons (Fsp3) is 0.450. The Balaban J connectivity index is 1.63. The highest BCUT2D eigenvalue weighted by Crippen LogP contribution is 2.31. The fourth-order valence-corrected chi connectivity index (χ4v) is 4.28. The van der Waals surface area contributed by atoms with Crippen LogP contribution >= 0.6 is 11.6 Å². The second kappa shape index (κ2) is 7.23. The van der Waals surface area contributed by atoms with Crippen molar-refractivity contribution in [2.45, 2.75) is 45.1 Å². The number of rotatable bonds is 1. The van der Waals surface area contributed by atoms with Gasteiger partial charge >= 0.3 is 6.03 Å². The van der Waals surface area contributed by atoms with Crippen LogP contribution in [0.3, 0.4) is 0 Å². The van der Waals surface area contributed by atoms with E-state index in [-0.39, 0.29) is 36.6 Å². The van der Waals surface area contributed by atoms with Gasteiger partial charge in [-0.2, -0.15) is 5.10 Å². The SMILES string of the molecule is C[C@@H]1Cc2nn3c(c2CN1C(=O)Nc1ccc(F)c(Cl)c1)C(=O)N(C)CC(C)(F)C3. The second-order valence-corrected chi connectivity index (χ2v) is 8.65. The standard InChI is InChI=1S/C20H22ClF2N5O2/c1-11-6-16-13(17-18(29)26(3)9-20(2,23)10-28(17)25-16)8-27(11)19(30)24-12-4-5-15(22)14(21)7-12/h4-5,7,11H,6,8-10H2,1-3H3,(H,24,30)/t11-,20?/m1/s1. The third-order valence-electron chi connectivity index (χ3n) is 5.51.